The maximum Gasteiger partial charge on any atom is 0.283 e. The second kappa shape index (κ2) is 10.2. The summed E-state index contributed by atoms with van der Waals surface area (Å²) < 4.78 is 6.64. The molecule has 2 heterocycles. The van der Waals surface area contributed by atoms with Gasteiger partial charge in [-0.15, -0.1) is 0 Å². The number of anilines is 1. The highest BCUT2D eigenvalue weighted by Gasteiger charge is 2.43. The molecule has 1 amide bonds. The van der Waals surface area contributed by atoms with Gasteiger partial charge in [0.15, 0.2) is 0 Å². The monoisotopic (exact) mass is 519 g/mol. The van der Waals surface area contributed by atoms with Crippen molar-refractivity contribution in [2.24, 2.45) is 23.2 Å². The molecule has 4 atom stereocenters. The van der Waals surface area contributed by atoms with E-state index in [0.717, 1.165) is 16.7 Å². The molecule has 0 aliphatic heterocycles. The third kappa shape index (κ3) is 5.57. The van der Waals surface area contributed by atoms with Crippen LogP contribution in [0.25, 0.3) is 0 Å². The van der Waals surface area contributed by atoms with Gasteiger partial charge in [-0.2, -0.15) is 5.10 Å². The number of pyridine rings is 1. The number of nitrogens with one attached hydrogen (secondary N) is 2. The largest absolute Gasteiger partial charge is 0.481 e. The molecule has 0 radical (unpaired) electrons. The summed E-state index contributed by atoms with van der Waals surface area (Å²) in [5.74, 6) is 1.71. The number of hydrogen-bond acceptors (Lipinski definition) is 6. The minimum Gasteiger partial charge on any atom is -0.481 e. The molecule has 1 aliphatic carbocycles. The number of methoxy groups -OCH3 is 1. The number of halogens is 1. The number of amides is 1. The lowest BCUT2D eigenvalue weighted by molar-refractivity contribution is -0.122. The van der Waals surface area contributed by atoms with E-state index in [0.29, 0.717) is 40.3 Å². The number of aromatic nitrogens is 3. The van der Waals surface area contributed by atoms with Crippen LogP contribution in [0.5, 0.6) is 5.88 Å². The molecule has 0 bridgehead atoms. The van der Waals surface area contributed by atoms with E-state index in [2.05, 4.69) is 71.3 Å². The van der Waals surface area contributed by atoms with Crippen molar-refractivity contribution in [3.8, 4) is 5.88 Å². The lowest BCUT2D eigenvalue weighted by Gasteiger charge is -2.50. The Labute approximate surface area is 203 Å². The molecule has 180 valence electrons. The highest BCUT2D eigenvalue weighted by Crippen LogP contribution is 2.48. The highest BCUT2D eigenvalue weighted by atomic mass is 79.9. The fraction of sp³-hybridized carbons (Fsp3) is 0.583. The van der Waals surface area contributed by atoms with Crippen molar-refractivity contribution in [3.63, 3.8) is 0 Å². The van der Waals surface area contributed by atoms with Crippen LogP contribution < -0.4 is 20.9 Å². The smallest absolute Gasteiger partial charge is 0.283 e. The number of ether oxygens (including phenoxy) is 1. The van der Waals surface area contributed by atoms with Gasteiger partial charge in [-0.05, 0) is 57.1 Å². The summed E-state index contributed by atoms with van der Waals surface area (Å²) in [7, 11) is 1.54. The lowest BCUT2D eigenvalue weighted by atomic mass is 9.58. The normalized spacial score (nSPS) is 24.2. The predicted molar refractivity (Wildman–Crippen MR) is 132 cm³/mol. The second-order valence-corrected chi connectivity index (χ2v) is 10.5. The molecule has 1 fully saturated rings. The van der Waals surface area contributed by atoms with Gasteiger partial charge in [0.25, 0.3) is 5.56 Å². The Kier molecular flexibility index (Phi) is 7.82. The zero-order valence-electron chi connectivity index (χ0n) is 20.2. The minimum atomic E-state index is -0.342. The Balaban J connectivity index is 1.65. The van der Waals surface area contributed by atoms with Gasteiger partial charge in [-0.1, -0.05) is 34.6 Å². The Morgan fingerprint density at radius 3 is 2.76 bits per heavy atom. The van der Waals surface area contributed by atoms with Gasteiger partial charge in [0.05, 0.1) is 19.0 Å². The minimum absolute atomic E-state index is 0.165. The van der Waals surface area contributed by atoms with Crippen LogP contribution in [0.4, 0.5) is 5.69 Å². The summed E-state index contributed by atoms with van der Waals surface area (Å²) in [4.78, 5) is 29.3. The molecule has 2 aromatic heterocycles. The first-order valence-corrected chi connectivity index (χ1v) is 12.1. The van der Waals surface area contributed by atoms with E-state index in [9.17, 15) is 9.59 Å². The fourth-order valence-corrected chi connectivity index (χ4v) is 4.93. The van der Waals surface area contributed by atoms with Gasteiger partial charge < -0.3 is 15.4 Å². The first-order chi connectivity index (χ1) is 15.5. The molecular formula is C24H34BrN5O3. The zero-order valence-corrected chi connectivity index (χ0v) is 21.8. The van der Waals surface area contributed by atoms with E-state index in [1.54, 1.807) is 24.5 Å². The molecule has 0 saturated heterocycles. The average Bonchev–Trinajstić information content (AvgIpc) is 2.80. The van der Waals surface area contributed by atoms with Crippen LogP contribution in [0.15, 0.2) is 33.8 Å². The Hall–Kier alpha value is -2.42. The Morgan fingerprint density at radius 2 is 2.06 bits per heavy atom. The summed E-state index contributed by atoms with van der Waals surface area (Å²) in [6.45, 7) is 11.7. The third-order valence-corrected chi connectivity index (χ3v) is 8.36. The van der Waals surface area contributed by atoms with Gasteiger partial charge in [-0.25, -0.2) is 9.67 Å². The Morgan fingerprint density at radius 1 is 1.33 bits per heavy atom. The van der Waals surface area contributed by atoms with Crippen LogP contribution in [-0.4, -0.2) is 33.8 Å². The van der Waals surface area contributed by atoms with Gasteiger partial charge >= 0.3 is 0 Å². The average molecular weight is 520 g/mol. The number of rotatable bonds is 7. The molecule has 0 spiro atoms. The molecule has 3 rings (SSSR count). The van der Waals surface area contributed by atoms with E-state index >= 15 is 0 Å². The summed E-state index contributed by atoms with van der Waals surface area (Å²) in [6.07, 6.45) is 4.26. The van der Waals surface area contributed by atoms with E-state index in [-0.39, 0.29) is 29.5 Å². The zero-order chi connectivity index (χ0) is 24.3. The number of carbonyl (C=O) groups is 1. The molecular weight excluding hydrogens is 486 g/mol. The summed E-state index contributed by atoms with van der Waals surface area (Å²) in [5, 5.41) is 10.6. The summed E-state index contributed by atoms with van der Waals surface area (Å²) in [5.41, 5.74) is 1.44. The molecule has 0 unspecified atom stereocenters. The quantitative estimate of drug-likeness (QED) is 0.576. The van der Waals surface area contributed by atoms with Crippen molar-refractivity contribution in [2.75, 3.05) is 12.4 Å². The van der Waals surface area contributed by atoms with Crippen LogP contribution in [0.2, 0.25) is 0 Å². The fourth-order valence-electron chi connectivity index (χ4n) is 4.51. The molecule has 2 aromatic rings. The molecule has 9 heteroatoms. The highest BCUT2D eigenvalue weighted by molar-refractivity contribution is 9.10. The van der Waals surface area contributed by atoms with Crippen molar-refractivity contribution in [1.29, 1.82) is 0 Å². The standard InChI is InChI=1S/C24H34BrN5O3/c1-14-9-18(15(2)16(3)24(14,4)5)29-19-12-28-30(23(32)22(19)25)13-20(31)27-11-17-7-8-26-21(10-17)33-6/h7-8,10,12,14-16,18,29H,9,11,13H2,1-6H3,(H,27,31)/t14-,15+,16+,18+/m0/s1. The van der Waals surface area contributed by atoms with Crippen molar-refractivity contribution in [3.05, 3.63) is 44.9 Å². The molecule has 1 saturated carbocycles. The molecule has 1 aliphatic rings. The maximum absolute atomic E-state index is 12.8. The van der Waals surface area contributed by atoms with E-state index in [1.165, 1.54) is 7.11 Å². The van der Waals surface area contributed by atoms with Crippen LogP contribution >= 0.6 is 15.9 Å². The van der Waals surface area contributed by atoms with Gasteiger partial charge in [0.2, 0.25) is 11.8 Å². The first-order valence-electron chi connectivity index (χ1n) is 11.3. The van der Waals surface area contributed by atoms with E-state index in [1.807, 2.05) is 0 Å². The van der Waals surface area contributed by atoms with E-state index in [4.69, 9.17) is 4.74 Å². The topological polar surface area (TPSA) is 98.1 Å². The van der Waals surface area contributed by atoms with Crippen molar-refractivity contribution >= 4 is 27.5 Å². The van der Waals surface area contributed by atoms with Gasteiger partial charge in [0, 0.05) is 24.8 Å². The second-order valence-electron chi connectivity index (χ2n) is 9.67. The first kappa shape index (κ1) is 25.2. The molecule has 8 nitrogen and oxygen atoms in total. The van der Waals surface area contributed by atoms with Crippen LogP contribution in [0.3, 0.4) is 0 Å². The number of hydrogen-bond donors (Lipinski definition) is 2. The number of carbonyl (C=O) groups excluding carboxylic acids is 1. The van der Waals surface area contributed by atoms with Gasteiger partial charge in [-0.3, -0.25) is 9.59 Å². The van der Waals surface area contributed by atoms with Crippen LogP contribution in [0.1, 0.15) is 46.6 Å². The van der Waals surface area contributed by atoms with E-state index < -0.39 is 0 Å². The third-order valence-electron chi connectivity index (χ3n) is 7.59. The molecule has 33 heavy (non-hydrogen) atoms. The van der Waals surface area contributed by atoms with Crippen molar-refractivity contribution in [2.45, 2.75) is 60.2 Å². The maximum atomic E-state index is 12.8. The lowest BCUT2D eigenvalue weighted by Crippen LogP contribution is -2.48. The van der Waals surface area contributed by atoms with Crippen LogP contribution in [-0.2, 0) is 17.9 Å². The van der Waals surface area contributed by atoms with Crippen molar-refractivity contribution in [1.82, 2.24) is 20.1 Å². The predicted octanol–water partition coefficient (Wildman–Crippen LogP) is 3.84. The van der Waals surface area contributed by atoms with Gasteiger partial charge in [0.1, 0.15) is 11.0 Å². The van der Waals surface area contributed by atoms with Crippen LogP contribution in [0, 0.1) is 23.2 Å². The molecule has 2 N–H and O–H groups in total. The van der Waals surface area contributed by atoms with Crippen molar-refractivity contribution < 1.29 is 9.53 Å². The Bertz CT molecular complexity index is 1050. The summed E-state index contributed by atoms with van der Waals surface area (Å²) >= 11 is 3.42. The SMILES string of the molecule is COc1cc(CNC(=O)Cn2ncc(N[C@@H]3C[C@H](C)C(C)(C)[C@H](C)[C@H]3C)c(Br)c2=O)ccn1. The molecule has 0 aromatic carbocycles. The number of nitrogens with zero attached hydrogens (tertiary/aromatic N) is 3. The summed E-state index contributed by atoms with van der Waals surface area (Å²) in [6, 6.07) is 3.79.